The van der Waals surface area contributed by atoms with Crippen LogP contribution in [-0.4, -0.2) is 18.1 Å². The predicted molar refractivity (Wildman–Crippen MR) is 106 cm³/mol. The first-order valence-corrected chi connectivity index (χ1v) is 10.4. The van der Waals surface area contributed by atoms with Gasteiger partial charge >= 0.3 is 0 Å². The van der Waals surface area contributed by atoms with E-state index < -0.39 is 0 Å². The number of benzene rings is 2. The first-order valence-electron chi connectivity index (χ1n) is 7.07. The van der Waals surface area contributed by atoms with Gasteiger partial charge in [-0.05, 0) is 43.3 Å². The monoisotopic (exact) mass is 424 g/mol. The van der Waals surface area contributed by atoms with E-state index in [1.807, 2.05) is 18.2 Å². The van der Waals surface area contributed by atoms with Gasteiger partial charge in [-0.1, -0.05) is 12.1 Å². The Kier molecular flexibility index (Phi) is 4.90. The minimum absolute atomic E-state index is 0.698. The number of nitrogens with two attached hydrogens (primary N) is 2. The summed E-state index contributed by atoms with van der Waals surface area (Å²) in [6.45, 7) is 1.62. The first-order chi connectivity index (χ1) is 10.7. The van der Waals surface area contributed by atoms with Crippen LogP contribution in [0.1, 0.15) is 6.42 Å². The molecule has 0 aliphatic rings. The van der Waals surface area contributed by atoms with E-state index >= 15 is 0 Å². The molecule has 4 nitrogen and oxygen atoms in total. The van der Waals surface area contributed by atoms with Crippen LogP contribution < -0.4 is 15.8 Å². The minimum Gasteiger partial charge on any atom is -0.399 e. The van der Waals surface area contributed by atoms with Crippen LogP contribution in [0.5, 0.6) is 0 Å². The predicted octanol–water partition coefficient (Wildman–Crippen LogP) is 4.12. The van der Waals surface area contributed by atoms with Crippen LogP contribution in [0.3, 0.4) is 0 Å². The molecule has 1 heterocycles. The second kappa shape index (κ2) is 6.89. The van der Waals surface area contributed by atoms with Gasteiger partial charge in [-0.2, -0.15) is 0 Å². The van der Waals surface area contributed by atoms with Gasteiger partial charge in [0.15, 0.2) is 0 Å². The van der Waals surface area contributed by atoms with E-state index in [-0.39, 0.29) is 0 Å². The molecule has 0 saturated carbocycles. The summed E-state index contributed by atoms with van der Waals surface area (Å²) in [6.07, 6.45) is 0.968. The van der Waals surface area contributed by atoms with Crippen molar-refractivity contribution in [3.63, 3.8) is 0 Å². The summed E-state index contributed by atoms with van der Waals surface area (Å²) < 4.78 is 2.23. The number of hydrogen-bond acceptors (Lipinski definition) is 5. The second-order valence-corrected chi connectivity index (χ2v) is 6.89. The summed E-state index contributed by atoms with van der Waals surface area (Å²) in [7, 11) is 1.68. The molecule has 0 unspecified atom stereocenters. The van der Waals surface area contributed by atoms with Gasteiger partial charge in [0, 0.05) is 59.0 Å². The van der Waals surface area contributed by atoms with E-state index in [2.05, 4.69) is 49.8 Å². The Bertz CT molecular complexity index is 809. The highest BCUT2D eigenvalue weighted by Gasteiger charge is 2.08. The molecule has 0 aliphatic carbocycles. The lowest BCUT2D eigenvalue weighted by Crippen LogP contribution is -2.17. The van der Waals surface area contributed by atoms with E-state index in [0.717, 1.165) is 46.1 Å². The van der Waals surface area contributed by atoms with Crippen LogP contribution in [0.4, 0.5) is 11.4 Å². The number of halogens is 1. The molecule has 2 aromatic carbocycles. The maximum atomic E-state index is 5.86. The summed E-state index contributed by atoms with van der Waals surface area (Å²) in [6, 6.07) is 14.4. The topological polar surface area (TPSA) is 68.2 Å². The molecule has 1 aromatic heterocycles. The molecule has 0 bridgehead atoms. The molecule has 6 heteroatoms. The quantitative estimate of drug-likeness (QED) is 0.279. The maximum Gasteiger partial charge on any atom is 0.0730 e. The Balaban J connectivity index is 2.05. The van der Waals surface area contributed by atoms with Gasteiger partial charge in [-0.25, -0.2) is 4.98 Å². The number of rotatable bonds is 5. The average Bonchev–Trinajstić information content (AvgIpc) is 2.53. The number of nitrogen functional groups attached to an aromatic ring is 1. The summed E-state index contributed by atoms with van der Waals surface area (Å²) in [5.41, 5.74) is 15.3. The van der Waals surface area contributed by atoms with Gasteiger partial charge in [0.1, 0.15) is 0 Å². The number of hydrogen-bond donors (Lipinski definition) is 2. The number of fused-ring (bicyclic) bond motifs is 2. The molecule has 4 N–H and O–H groups in total. The van der Waals surface area contributed by atoms with E-state index in [1.165, 1.54) is 0 Å². The maximum absolute atomic E-state index is 5.86. The average molecular weight is 424 g/mol. The standard InChI is InChI=1S/C16H17IN4S/c17-22-21(7-1-6-18)14-5-3-12-8-11-2-4-13(19)9-15(11)20-16(12)10-14/h2-5,8-10H,1,6-7,18-19H2. The SMILES string of the molecule is NCCCN(SI)c1ccc2cc3ccc(N)cc3nc2c1. The third-order valence-corrected chi connectivity index (χ3v) is 5.54. The van der Waals surface area contributed by atoms with Crippen LogP contribution in [0.25, 0.3) is 21.8 Å². The van der Waals surface area contributed by atoms with Crippen LogP contribution in [0.15, 0.2) is 42.5 Å². The van der Waals surface area contributed by atoms with Crippen molar-refractivity contribution in [2.45, 2.75) is 6.42 Å². The largest absolute Gasteiger partial charge is 0.399 e. The highest BCUT2D eigenvalue weighted by molar-refractivity contribution is 14.2. The molecule has 3 rings (SSSR count). The highest BCUT2D eigenvalue weighted by atomic mass is 127. The Morgan fingerprint density at radius 2 is 1.77 bits per heavy atom. The highest BCUT2D eigenvalue weighted by Crippen LogP contribution is 2.31. The fraction of sp³-hybridized carbons (Fsp3) is 0.188. The molecule has 0 aliphatic heterocycles. The van der Waals surface area contributed by atoms with Crippen molar-refractivity contribution < 1.29 is 0 Å². The van der Waals surface area contributed by atoms with Crippen molar-refractivity contribution in [2.75, 3.05) is 23.1 Å². The second-order valence-electron chi connectivity index (χ2n) is 5.13. The zero-order valence-corrected chi connectivity index (χ0v) is 15.0. The van der Waals surface area contributed by atoms with Gasteiger partial charge in [-0.3, -0.25) is 0 Å². The van der Waals surface area contributed by atoms with Crippen LogP contribution >= 0.6 is 30.3 Å². The number of anilines is 2. The van der Waals surface area contributed by atoms with Crippen molar-refractivity contribution in [3.05, 3.63) is 42.5 Å². The number of aromatic nitrogens is 1. The summed E-state index contributed by atoms with van der Waals surface area (Å²) in [4.78, 5) is 4.75. The van der Waals surface area contributed by atoms with E-state index in [0.29, 0.717) is 6.54 Å². The van der Waals surface area contributed by atoms with Crippen molar-refractivity contribution in [3.8, 4) is 0 Å². The molecule has 0 fully saturated rings. The van der Waals surface area contributed by atoms with E-state index in [9.17, 15) is 0 Å². The van der Waals surface area contributed by atoms with Gasteiger partial charge < -0.3 is 15.8 Å². The molecule has 0 amide bonds. The third kappa shape index (κ3) is 3.23. The van der Waals surface area contributed by atoms with Gasteiger partial charge in [0.05, 0.1) is 11.0 Å². The minimum atomic E-state index is 0.698. The Morgan fingerprint density at radius 1 is 1.05 bits per heavy atom. The van der Waals surface area contributed by atoms with Gasteiger partial charge in [0.25, 0.3) is 0 Å². The molecule has 0 radical (unpaired) electrons. The number of nitrogens with zero attached hydrogens (tertiary/aromatic N) is 2. The Morgan fingerprint density at radius 3 is 2.50 bits per heavy atom. The molecular formula is C16H17IN4S. The van der Waals surface area contributed by atoms with E-state index in [4.69, 9.17) is 16.5 Å². The number of pyridine rings is 1. The smallest absolute Gasteiger partial charge is 0.0730 e. The summed E-state index contributed by atoms with van der Waals surface area (Å²) >= 11 is 2.30. The normalized spacial score (nSPS) is 11.2. The van der Waals surface area contributed by atoms with E-state index in [1.54, 1.807) is 9.12 Å². The zero-order chi connectivity index (χ0) is 15.5. The van der Waals surface area contributed by atoms with Crippen molar-refractivity contribution in [2.24, 2.45) is 5.73 Å². The first kappa shape index (κ1) is 15.6. The lowest BCUT2D eigenvalue weighted by molar-refractivity contribution is 0.847. The fourth-order valence-corrected chi connectivity index (χ4v) is 4.09. The fourth-order valence-electron chi connectivity index (χ4n) is 2.42. The van der Waals surface area contributed by atoms with Crippen LogP contribution in [0.2, 0.25) is 0 Å². The Hall–Kier alpha value is -1.25. The molecule has 0 saturated heterocycles. The van der Waals surface area contributed by atoms with Gasteiger partial charge in [0.2, 0.25) is 0 Å². The summed E-state index contributed by atoms with van der Waals surface area (Å²) in [5, 5.41) is 2.25. The molecule has 3 aromatic rings. The lowest BCUT2D eigenvalue weighted by Gasteiger charge is -2.20. The van der Waals surface area contributed by atoms with Crippen molar-refractivity contribution in [1.29, 1.82) is 0 Å². The molecule has 0 atom stereocenters. The Labute approximate surface area is 146 Å². The van der Waals surface area contributed by atoms with Crippen LogP contribution in [0, 0.1) is 0 Å². The molecule has 0 spiro atoms. The third-order valence-electron chi connectivity index (χ3n) is 3.56. The van der Waals surface area contributed by atoms with Crippen LogP contribution in [-0.2, 0) is 0 Å². The molecule has 22 heavy (non-hydrogen) atoms. The molecular weight excluding hydrogens is 407 g/mol. The molecule has 114 valence electrons. The van der Waals surface area contributed by atoms with Crippen molar-refractivity contribution in [1.82, 2.24) is 4.98 Å². The zero-order valence-electron chi connectivity index (χ0n) is 12.0. The van der Waals surface area contributed by atoms with Gasteiger partial charge in [-0.15, -0.1) is 0 Å². The summed E-state index contributed by atoms with van der Waals surface area (Å²) in [5.74, 6) is 0. The van der Waals surface area contributed by atoms with Crippen molar-refractivity contribution >= 4 is 63.5 Å². The lowest BCUT2D eigenvalue weighted by atomic mass is 10.1.